The standard InChI is InChI=1S/C42H30N6/c1-5-15-29(16-6-1)43-34-25-36-40(26-35(34)44-30-17-7-2-8-18-30)48(32-21-11-4-12-22-32)42-27-37-41(28-38(42)46-36)47(31-19-9-3-10-20-31)39-24-14-13-23-33(39)45-37/h1-28H,(H2,43,44,45,46)/p+1. The number of nitrogens with one attached hydrogen (secondary N) is 3. The van der Waals surface area contributed by atoms with Gasteiger partial charge in [0.2, 0.25) is 16.7 Å². The highest BCUT2D eigenvalue weighted by Crippen LogP contribution is 2.48. The molecule has 228 valence electrons. The molecule has 0 unspecified atom stereocenters. The van der Waals surface area contributed by atoms with Crippen molar-refractivity contribution in [1.82, 2.24) is 4.98 Å². The van der Waals surface area contributed by atoms with Crippen LogP contribution in [0.15, 0.2) is 170 Å². The lowest BCUT2D eigenvalue weighted by molar-refractivity contribution is -0.538. The van der Waals surface area contributed by atoms with Crippen LogP contribution in [0.5, 0.6) is 0 Å². The molecule has 6 nitrogen and oxygen atoms in total. The summed E-state index contributed by atoms with van der Waals surface area (Å²) in [5.41, 5.74) is 14.0. The molecule has 1 aliphatic rings. The molecule has 0 atom stereocenters. The third kappa shape index (κ3) is 4.93. The molecule has 7 aromatic carbocycles. The van der Waals surface area contributed by atoms with Crippen molar-refractivity contribution in [2.24, 2.45) is 0 Å². The van der Waals surface area contributed by atoms with Crippen LogP contribution in [0, 0.1) is 0 Å². The summed E-state index contributed by atoms with van der Waals surface area (Å²) in [5, 5.41) is 11.1. The largest absolute Gasteiger partial charge is 0.354 e. The Morgan fingerprint density at radius 1 is 0.479 bits per heavy atom. The quantitative estimate of drug-likeness (QED) is 0.128. The number of hydrogen-bond acceptors (Lipinski definition) is 5. The second-order valence-corrected chi connectivity index (χ2v) is 11.8. The molecule has 0 aliphatic carbocycles. The molecule has 48 heavy (non-hydrogen) atoms. The van der Waals surface area contributed by atoms with E-state index < -0.39 is 0 Å². The van der Waals surface area contributed by atoms with Crippen LogP contribution in [0.2, 0.25) is 0 Å². The van der Waals surface area contributed by atoms with Gasteiger partial charge in [0.25, 0.3) is 0 Å². The van der Waals surface area contributed by atoms with Gasteiger partial charge in [-0.25, -0.2) is 4.98 Å². The van der Waals surface area contributed by atoms with E-state index in [4.69, 9.17) is 4.98 Å². The monoisotopic (exact) mass is 619 g/mol. The number of hydrogen-bond donors (Lipinski definition) is 3. The number of benzene rings is 7. The molecule has 6 heteroatoms. The predicted molar refractivity (Wildman–Crippen MR) is 198 cm³/mol. The van der Waals surface area contributed by atoms with Gasteiger partial charge in [-0.2, -0.15) is 0 Å². The van der Waals surface area contributed by atoms with Crippen molar-refractivity contribution in [3.05, 3.63) is 170 Å². The Morgan fingerprint density at radius 3 is 1.71 bits per heavy atom. The number of nitrogens with zero attached hydrogens (tertiary/aromatic N) is 3. The Balaban J connectivity index is 1.32. The molecule has 0 amide bonds. The first-order valence-electron chi connectivity index (χ1n) is 16.1. The minimum absolute atomic E-state index is 0.874. The Labute approximate surface area is 278 Å². The van der Waals surface area contributed by atoms with Crippen molar-refractivity contribution < 1.29 is 4.57 Å². The molecule has 2 heterocycles. The van der Waals surface area contributed by atoms with Crippen LogP contribution in [0.25, 0.3) is 27.8 Å². The smallest absolute Gasteiger partial charge is 0.239 e. The van der Waals surface area contributed by atoms with Crippen LogP contribution in [-0.4, -0.2) is 4.98 Å². The zero-order valence-corrected chi connectivity index (χ0v) is 26.0. The molecule has 0 fully saturated rings. The molecule has 1 aromatic heterocycles. The molecule has 3 N–H and O–H groups in total. The van der Waals surface area contributed by atoms with Gasteiger partial charge in [-0.1, -0.05) is 84.9 Å². The minimum Gasteiger partial charge on any atom is -0.354 e. The molecule has 0 saturated carbocycles. The Hall–Kier alpha value is -6.66. The fourth-order valence-electron chi connectivity index (χ4n) is 6.55. The SMILES string of the molecule is c1ccc(Nc2cc3nc4cc5c(cc4[n+](-c4ccccc4)c3cc2Nc2ccccc2)Nc2ccccc2N5c2ccccc2)cc1. The normalized spacial score (nSPS) is 11.9. The third-order valence-corrected chi connectivity index (χ3v) is 8.72. The van der Waals surface area contributed by atoms with Gasteiger partial charge >= 0.3 is 0 Å². The summed E-state index contributed by atoms with van der Waals surface area (Å²) in [4.78, 5) is 7.68. The summed E-state index contributed by atoms with van der Waals surface area (Å²) in [6.45, 7) is 0. The zero-order chi connectivity index (χ0) is 31.9. The fourth-order valence-corrected chi connectivity index (χ4v) is 6.55. The van der Waals surface area contributed by atoms with E-state index in [-0.39, 0.29) is 0 Å². The number of anilines is 9. The number of para-hydroxylation sites is 6. The maximum absolute atomic E-state index is 5.36. The third-order valence-electron chi connectivity index (χ3n) is 8.72. The van der Waals surface area contributed by atoms with E-state index in [1.165, 1.54) is 0 Å². The van der Waals surface area contributed by atoms with Crippen molar-refractivity contribution >= 4 is 73.3 Å². The van der Waals surface area contributed by atoms with Crippen molar-refractivity contribution in [3.8, 4) is 5.69 Å². The van der Waals surface area contributed by atoms with Crippen molar-refractivity contribution in [1.29, 1.82) is 0 Å². The maximum atomic E-state index is 5.36. The molecular weight excluding hydrogens is 589 g/mol. The molecule has 0 saturated heterocycles. The van der Waals surface area contributed by atoms with Crippen LogP contribution in [0.4, 0.5) is 51.2 Å². The van der Waals surface area contributed by atoms with E-state index in [1.54, 1.807) is 0 Å². The number of fused-ring (bicyclic) bond motifs is 4. The Bertz CT molecular complexity index is 2400. The van der Waals surface area contributed by atoms with Gasteiger partial charge in [-0.15, -0.1) is 4.57 Å². The van der Waals surface area contributed by atoms with Crippen molar-refractivity contribution in [2.45, 2.75) is 0 Å². The average Bonchev–Trinajstić information content (AvgIpc) is 3.14. The van der Waals surface area contributed by atoms with E-state index in [0.717, 1.165) is 78.9 Å². The van der Waals surface area contributed by atoms with Crippen molar-refractivity contribution in [2.75, 3.05) is 20.9 Å². The predicted octanol–water partition coefficient (Wildman–Crippen LogP) is 10.7. The van der Waals surface area contributed by atoms with Gasteiger partial charge in [0.1, 0.15) is 11.0 Å². The van der Waals surface area contributed by atoms with Gasteiger partial charge in [0.05, 0.1) is 34.1 Å². The molecule has 0 radical (unpaired) electrons. The lowest BCUT2D eigenvalue weighted by Crippen LogP contribution is -2.33. The Kier molecular flexibility index (Phi) is 6.68. The lowest BCUT2D eigenvalue weighted by Gasteiger charge is -2.33. The van der Waals surface area contributed by atoms with Crippen LogP contribution in [0.3, 0.4) is 0 Å². The molecule has 9 rings (SSSR count). The highest BCUT2D eigenvalue weighted by molar-refractivity contribution is 6.02. The second-order valence-electron chi connectivity index (χ2n) is 11.8. The van der Waals surface area contributed by atoms with E-state index in [0.29, 0.717) is 0 Å². The summed E-state index contributed by atoms with van der Waals surface area (Å²) < 4.78 is 2.31. The molecule has 0 bridgehead atoms. The first-order valence-corrected chi connectivity index (χ1v) is 16.1. The number of rotatable bonds is 6. The molecular formula is C42H31N6+. The van der Waals surface area contributed by atoms with Crippen molar-refractivity contribution in [3.63, 3.8) is 0 Å². The first kappa shape index (κ1) is 27.6. The van der Waals surface area contributed by atoms with E-state index in [2.05, 4.69) is 159 Å². The first-order chi connectivity index (χ1) is 23.8. The van der Waals surface area contributed by atoms with Crippen LogP contribution in [-0.2, 0) is 0 Å². The summed E-state index contributed by atoms with van der Waals surface area (Å²) in [6.07, 6.45) is 0. The average molecular weight is 620 g/mol. The Morgan fingerprint density at radius 2 is 1.02 bits per heavy atom. The fraction of sp³-hybridized carbons (Fsp3) is 0. The second kappa shape index (κ2) is 11.6. The van der Waals surface area contributed by atoms with Crippen LogP contribution >= 0.6 is 0 Å². The van der Waals surface area contributed by atoms with E-state index >= 15 is 0 Å². The topological polar surface area (TPSA) is 56.1 Å². The maximum Gasteiger partial charge on any atom is 0.239 e. The van der Waals surface area contributed by atoms with Gasteiger partial charge in [-0.3, -0.25) is 0 Å². The number of aromatic nitrogens is 2. The lowest BCUT2D eigenvalue weighted by atomic mass is 10.1. The summed E-state index contributed by atoms with van der Waals surface area (Å²) in [5.74, 6) is 0. The molecule has 8 aromatic rings. The molecule has 1 aliphatic heterocycles. The van der Waals surface area contributed by atoms with Gasteiger partial charge in [-0.05, 0) is 60.7 Å². The van der Waals surface area contributed by atoms with Crippen LogP contribution in [0.1, 0.15) is 0 Å². The summed E-state index contributed by atoms with van der Waals surface area (Å²) in [7, 11) is 0. The molecule has 0 spiro atoms. The highest BCUT2D eigenvalue weighted by atomic mass is 15.2. The van der Waals surface area contributed by atoms with E-state index in [9.17, 15) is 0 Å². The highest BCUT2D eigenvalue weighted by Gasteiger charge is 2.29. The van der Waals surface area contributed by atoms with Gasteiger partial charge in [0.15, 0.2) is 0 Å². The van der Waals surface area contributed by atoms with Gasteiger partial charge in [0, 0.05) is 41.3 Å². The van der Waals surface area contributed by atoms with E-state index in [1.807, 2.05) is 36.4 Å². The minimum atomic E-state index is 0.874. The summed E-state index contributed by atoms with van der Waals surface area (Å²) >= 11 is 0. The summed E-state index contributed by atoms with van der Waals surface area (Å²) in [6, 6.07) is 58.8. The van der Waals surface area contributed by atoms with Crippen LogP contribution < -0.4 is 25.4 Å². The zero-order valence-electron chi connectivity index (χ0n) is 26.0. The van der Waals surface area contributed by atoms with Gasteiger partial charge < -0.3 is 20.9 Å².